The largest absolute Gasteiger partial charge is 0.249 e. The lowest BCUT2D eigenvalue weighted by molar-refractivity contribution is 0.588. The van der Waals surface area contributed by atoms with E-state index in [-0.39, 0.29) is 0 Å². The zero-order chi connectivity index (χ0) is 7.33. The normalized spacial score (nSPS) is 11.2. The Hall–Kier alpha value is -0.350. The third-order valence-corrected chi connectivity index (χ3v) is 1.67. The Bertz CT molecular complexity index is 171. The molecule has 4 heteroatoms. The van der Waals surface area contributed by atoms with Crippen molar-refractivity contribution in [3.8, 4) is 0 Å². The van der Waals surface area contributed by atoms with Crippen molar-refractivity contribution in [3.63, 3.8) is 0 Å². The van der Waals surface area contributed by atoms with E-state index in [1.807, 2.05) is 6.92 Å². The Morgan fingerprint density at radius 2 is 2.22 bits per heavy atom. The van der Waals surface area contributed by atoms with Crippen LogP contribution in [0.15, 0.2) is 12.0 Å². The second-order valence-electron chi connectivity index (χ2n) is 1.53. The van der Waals surface area contributed by atoms with E-state index in [0.29, 0.717) is 6.54 Å². The lowest BCUT2D eigenvalue weighted by atomic mass is 10.5. The fraction of sp³-hybridized carbons (Fsp3) is 0.600. The molecule has 0 bridgehead atoms. The molecule has 0 fully saturated rings. The van der Waals surface area contributed by atoms with Crippen LogP contribution in [0, 0.1) is 0 Å². The monoisotopic (exact) mass is 148 g/mol. The number of nitrogens with zero attached hydrogens (tertiary/aromatic N) is 1. The van der Waals surface area contributed by atoms with Gasteiger partial charge in [0.2, 0.25) is 10.0 Å². The Kier molecular flexibility index (Phi) is 3.49. The van der Waals surface area contributed by atoms with Gasteiger partial charge in [-0.15, -0.1) is 4.72 Å². The minimum absolute atomic E-state index is 0.356. The first-order valence-electron chi connectivity index (χ1n) is 2.68. The summed E-state index contributed by atoms with van der Waals surface area (Å²) in [5, 5.41) is 0.850. The Morgan fingerprint density at radius 3 is 2.56 bits per heavy atom. The first kappa shape index (κ1) is 8.65. The minimum atomic E-state index is -3.29. The predicted octanol–water partition coefficient (Wildman–Crippen LogP) is 0.474. The minimum Gasteiger partial charge on any atom is -0.206 e. The first-order chi connectivity index (χ1) is 4.12. The van der Waals surface area contributed by atoms with Crippen LogP contribution in [0.4, 0.5) is 0 Å². The maximum Gasteiger partial charge on any atom is 0.249 e. The van der Waals surface area contributed by atoms with Crippen LogP contribution in [0.25, 0.3) is 0 Å². The van der Waals surface area contributed by atoms with Gasteiger partial charge in [-0.25, -0.2) is 8.42 Å². The SMILES string of the molecule is C=CS(=O)(=O)[N]CCC. The fourth-order valence-electron chi connectivity index (χ4n) is 0.271. The summed E-state index contributed by atoms with van der Waals surface area (Å²) in [6.07, 6.45) is 0.743. The van der Waals surface area contributed by atoms with Crippen molar-refractivity contribution in [3.05, 3.63) is 12.0 Å². The molecule has 1 radical (unpaired) electrons. The van der Waals surface area contributed by atoms with Crippen LogP contribution in [0.2, 0.25) is 0 Å². The van der Waals surface area contributed by atoms with Crippen LogP contribution in [-0.4, -0.2) is 15.0 Å². The van der Waals surface area contributed by atoms with Crippen LogP contribution in [-0.2, 0) is 10.0 Å². The first-order valence-corrected chi connectivity index (χ1v) is 4.19. The van der Waals surface area contributed by atoms with Crippen molar-refractivity contribution in [2.45, 2.75) is 13.3 Å². The van der Waals surface area contributed by atoms with E-state index in [4.69, 9.17) is 0 Å². The zero-order valence-corrected chi connectivity index (χ0v) is 6.19. The van der Waals surface area contributed by atoms with Gasteiger partial charge in [0, 0.05) is 12.0 Å². The molecular formula is C5H10NO2S. The standard InChI is InChI=1S/C5H10NO2S/c1-3-5-6-9(7,8)4-2/h4H,2-3,5H2,1H3. The zero-order valence-electron chi connectivity index (χ0n) is 5.37. The van der Waals surface area contributed by atoms with Crippen LogP contribution >= 0.6 is 0 Å². The van der Waals surface area contributed by atoms with Gasteiger partial charge in [-0.1, -0.05) is 13.5 Å². The maximum atomic E-state index is 10.5. The molecule has 0 aromatic heterocycles. The van der Waals surface area contributed by atoms with Gasteiger partial charge in [0.1, 0.15) is 0 Å². The number of sulfonamides is 1. The Morgan fingerprint density at radius 1 is 1.67 bits per heavy atom. The molecule has 0 saturated carbocycles. The van der Waals surface area contributed by atoms with Gasteiger partial charge in [-0.05, 0) is 6.42 Å². The predicted molar refractivity (Wildman–Crippen MR) is 36.4 cm³/mol. The topological polar surface area (TPSA) is 48.2 Å². The van der Waals surface area contributed by atoms with Crippen LogP contribution in [0.5, 0.6) is 0 Å². The van der Waals surface area contributed by atoms with E-state index in [0.717, 1.165) is 11.8 Å². The Balaban J connectivity index is 3.75. The van der Waals surface area contributed by atoms with Crippen molar-refractivity contribution in [1.29, 1.82) is 0 Å². The van der Waals surface area contributed by atoms with Crippen molar-refractivity contribution >= 4 is 10.0 Å². The van der Waals surface area contributed by atoms with Crippen molar-refractivity contribution in [2.24, 2.45) is 0 Å². The van der Waals surface area contributed by atoms with Gasteiger partial charge in [0.15, 0.2) is 0 Å². The van der Waals surface area contributed by atoms with Gasteiger partial charge in [0.05, 0.1) is 0 Å². The molecule has 53 valence electrons. The molecule has 9 heavy (non-hydrogen) atoms. The molecule has 0 spiro atoms. The van der Waals surface area contributed by atoms with Gasteiger partial charge in [-0.3, -0.25) is 0 Å². The van der Waals surface area contributed by atoms with Gasteiger partial charge in [-0.2, -0.15) is 0 Å². The molecule has 3 nitrogen and oxygen atoms in total. The molecule has 0 rings (SSSR count). The van der Waals surface area contributed by atoms with E-state index in [2.05, 4.69) is 11.3 Å². The molecular weight excluding hydrogens is 138 g/mol. The highest BCUT2D eigenvalue weighted by atomic mass is 32.2. The summed E-state index contributed by atoms with van der Waals surface area (Å²) in [6.45, 7) is 5.32. The van der Waals surface area contributed by atoms with Crippen molar-refractivity contribution < 1.29 is 8.42 Å². The van der Waals surface area contributed by atoms with Crippen molar-refractivity contribution in [1.82, 2.24) is 4.72 Å². The lowest BCUT2D eigenvalue weighted by Gasteiger charge is -1.93. The number of hydrogen-bond acceptors (Lipinski definition) is 2. The van der Waals surface area contributed by atoms with E-state index < -0.39 is 10.0 Å². The lowest BCUT2D eigenvalue weighted by Crippen LogP contribution is -2.13. The molecule has 0 aliphatic heterocycles. The molecule has 0 aromatic carbocycles. The molecule has 0 atom stereocenters. The summed E-state index contributed by atoms with van der Waals surface area (Å²) in [5.74, 6) is 0. The maximum absolute atomic E-state index is 10.5. The number of hydrogen-bond donors (Lipinski definition) is 0. The van der Waals surface area contributed by atoms with Crippen LogP contribution in [0.1, 0.15) is 13.3 Å². The van der Waals surface area contributed by atoms with E-state index in [1.165, 1.54) is 0 Å². The second-order valence-corrected chi connectivity index (χ2v) is 3.16. The molecule has 0 aliphatic carbocycles. The smallest absolute Gasteiger partial charge is 0.206 e. The summed E-state index contributed by atoms with van der Waals surface area (Å²) >= 11 is 0. The van der Waals surface area contributed by atoms with Gasteiger partial charge >= 0.3 is 0 Å². The van der Waals surface area contributed by atoms with Crippen LogP contribution in [0.3, 0.4) is 0 Å². The third kappa shape index (κ3) is 4.17. The van der Waals surface area contributed by atoms with E-state index in [1.54, 1.807) is 0 Å². The Labute approximate surface area is 55.8 Å². The molecule has 0 saturated heterocycles. The summed E-state index contributed by atoms with van der Waals surface area (Å²) in [7, 11) is -3.29. The summed E-state index contributed by atoms with van der Waals surface area (Å²) in [4.78, 5) is 0. The van der Waals surface area contributed by atoms with Gasteiger partial charge < -0.3 is 0 Å². The average Bonchev–Trinajstić information content (AvgIpc) is 1.84. The fourth-order valence-corrected chi connectivity index (χ4v) is 0.814. The molecule has 0 heterocycles. The second kappa shape index (κ2) is 3.63. The third-order valence-electron chi connectivity index (χ3n) is 0.705. The highest BCUT2D eigenvalue weighted by Gasteiger charge is 2.01. The molecule has 0 aromatic rings. The molecule has 0 amide bonds. The molecule has 0 unspecified atom stereocenters. The molecule has 0 aliphatic rings. The molecule has 0 N–H and O–H groups in total. The van der Waals surface area contributed by atoms with E-state index in [9.17, 15) is 8.42 Å². The number of rotatable bonds is 4. The quantitative estimate of drug-likeness (QED) is 0.582. The van der Waals surface area contributed by atoms with Crippen molar-refractivity contribution in [2.75, 3.05) is 6.54 Å². The highest BCUT2D eigenvalue weighted by Crippen LogP contribution is 1.85. The summed E-state index contributed by atoms with van der Waals surface area (Å²) in [5.41, 5.74) is 0. The van der Waals surface area contributed by atoms with Crippen LogP contribution < -0.4 is 4.72 Å². The van der Waals surface area contributed by atoms with Gasteiger partial charge in [0.25, 0.3) is 0 Å². The average molecular weight is 148 g/mol. The van der Waals surface area contributed by atoms with E-state index >= 15 is 0 Å². The highest BCUT2D eigenvalue weighted by molar-refractivity contribution is 7.92. The summed E-state index contributed by atoms with van der Waals surface area (Å²) < 4.78 is 24.3. The summed E-state index contributed by atoms with van der Waals surface area (Å²) in [6, 6.07) is 0.